The number of ether oxygens (including phenoxy) is 3. The number of aliphatic hydroxyl groups is 2. The zero-order valence-electron chi connectivity index (χ0n) is 33.2. The number of aliphatic hydroxyl groups excluding tert-OH is 2. The molecule has 1 aromatic carbocycles. The molecule has 2 aromatic heterocycles. The average Bonchev–Trinajstić information content (AvgIpc) is 3.72. The summed E-state index contributed by atoms with van der Waals surface area (Å²) in [6.45, 7) is 1.26. The quantitative estimate of drug-likeness (QED) is 0.0360. The van der Waals surface area contributed by atoms with Gasteiger partial charge in [0.15, 0.2) is 11.5 Å². The third-order valence-electron chi connectivity index (χ3n) is 10.2. The molecule has 0 radical (unpaired) electrons. The van der Waals surface area contributed by atoms with Crippen molar-refractivity contribution < 1.29 is 47.3 Å². The van der Waals surface area contributed by atoms with Gasteiger partial charge >= 0.3 is 7.82 Å². The molecule has 1 unspecified atom stereocenters. The van der Waals surface area contributed by atoms with E-state index < -0.39 is 57.0 Å². The Morgan fingerprint density at radius 2 is 1.60 bits per heavy atom. The number of rotatable bonds is 29. The number of fused-ring (bicyclic) bond motifs is 1. The van der Waals surface area contributed by atoms with Gasteiger partial charge in [0.25, 0.3) is 0 Å². The second-order valence-corrected chi connectivity index (χ2v) is 16.4. The molecular formula is C40H62FN6O9P. The molecule has 0 amide bonds. The Kier molecular flexibility index (Phi) is 19.7. The first kappa shape index (κ1) is 46.6. The maximum Gasteiger partial charge on any atom is 0.472 e. The summed E-state index contributed by atoms with van der Waals surface area (Å²) in [5.41, 5.74) is 11.3. The first-order valence-corrected chi connectivity index (χ1v) is 21.9. The number of hydrogen-bond donors (Lipinski definition) is 5. The van der Waals surface area contributed by atoms with E-state index in [0.29, 0.717) is 23.4 Å². The van der Waals surface area contributed by atoms with E-state index in [1.54, 1.807) is 12.1 Å². The molecule has 0 saturated carbocycles. The normalized spacial score (nSPS) is 21.2. The van der Waals surface area contributed by atoms with E-state index in [-0.39, 0.29) is 24.6 Å². The smallest absolute Gasteiger partial charge is 0.387 e. The van der Waals surface area contributed by atoms with E-state index >= 15 is 0 Å². The largest absolute Gasteiger partial charge is 0.472 e. The molecule has 7 N–H and O–H groups in total. The third kappa shape index (κ3) is 15.2. The fourth-order valence-electron chi connectivity index (χ4n) is 6.89. The number of nitrogens with two attached hydrogens (primary N) is 2. The molecule has 0 spiro atoms. The number of aromatic nitrogens is 3. The van der Waals surface area contributed by atoms with Crippen LogP contribution in [0.5, 0.6) is 0 Å². The summed E-state index contributed by atoms with van der Waals surface area (Å²) in [6.07, 6.45) is 15.9. The number of halogens is 1. The van der Waals surface area contributed by atoms with Gasteiger partial charge in [-0.25, -0.2) is 18.5 Å². The number of phosphoric ester groups is 1. The van der Waals surface area contributed by atoms with Gasteiger partial charge in [-0.05, 0) is 42.3 Å². The maximum absolute atomic E-state index is 14.1. The number of nitrogen functional groups attached to an aromatic ring is 1. The molecule has 318 valence electrons. The maximum atomic E-state index is 14.1. The van der Waals surface area contributed by atoms with Crippen LogP contribution in [0, 0.1) is 17.1 Å². The Morgan fingerprint density at radius 1 is 0.965 bits per heavy atom. The second-order valence-electron chi connectivity index (χ2n) is 14.9. The molecule has 57 heavy (non-hydrogen) atoms. The molecule has 1 aliphatic heterocycles. The summed E-state index contributed by atoms with van der Waals surface area (Å²) in [7, 11) is -4.84. The molecule has 17 heteroatoms. The fraction of sp³-hybridized carbons (Fsp3) is 0.675. The standard InChI is InChI=1S/C40H62FN6O9P/c1-2-3-4-5-6-7-8-9-10-11-12-13-14-15-16-17-20-52-26-33(53-25-31-21-30(24-42)22-32(41)23-31)27-54-57(50,51)55-28-40(44)38(49)36(48)37(56-40)34-18-19-35-39(43)45-29-46-47(34)35/h18-19,21-23,29,33,36-38,48-49H,2-17,20,25-28,44H2,1H3,(H,50,51)(H2,43,45,46)/t33-,36-,37-,38-,40+/m0/s1. The molecule has 1 aliphatic rings. The van der Waals surface area contributed by atoms with Crippen molar-refractivity contribution in [3.8, 4) is 6.07 Å². The molecule has 1 saturated heterocycles. The summed E-state index contributed by atoms with van der Waals surface area (Å²) in [4.78, 5) is 14.5. The highest BCUT2D eigenvalue weighted by atomic mass is 31.2. The van der Waals surface area contributed by atoms with E-state index in [1.807, 2.05) is 6.07 Å². The van der Waals surface area contributed by atoms with Crippen LogP contribution in [0.4, 0.5) is 10.2 Å². The minimum absolute atomic E-state index is 0.00493. The zero-order chi connectivity index (χ0) is 41.1. The monoisotopic (exact) mass is 820 g/mol. The van der Waals surface area contributed by atoms with Crippen LogP contribution in [0.3, 0.4) is 0 Å². The number of nitrogens with zero attached hydrogens (tertiary/aromatic N) is 4. The lowest BCUT2D eigenvalue weighted by Gasteiger charge is -2.28. The minimum atomic E-state index is -4.84. The van der Waals surface area contributed by atoms with Gasteiger partial charge in [-0.3, -0.25) is 14.8 Å². The van der Waals surface area contributed by atoms with E-state index in [0.717, 1.165) is 25.3 Å². The molecule has 3 heterocycles. The van der Waals surface area contributed by atoms with Gasteiger partial charge < -0.3 is 35.1 Å². The van der Waals surface area contributed by atoms with E-state index in [2.05, 4.69) is 17.0 Å². The van der Waals surface area contributed by atoms with Gasteiger partial charge in [0.1, 0.15) is 48.7 Å². The Morgan fingerprint density at radius 3 is 2.23 bits per heavy atom. The molecule has 3 aromatic rings. The zero-order valence-corrected chi connectivity index (χ0v) is 34.1. The van der Waals surface area contributed by atoms with Crippen LogP contribution in [0.2, 0.25) is 0 Å². The van der Waals surface area contributed by atoms with Crippen molar-refractivity contribution in [2.75, 3.05) is 32.2 Å². The Labute approximate surface area is 335 Å². The highest BCUT2D eigenvalue weighted by Gasteiger charge is 2.54. The van der Waals surface area contributed by atoms with Crippen molar-refractivity contribution in [1.82, 2.24) is 14.6 Å². The van der Waals surface area contributed by atoms with Crippen LogP contribution in [0.15, 0.2) is 36.7 Å². The van der Waals surface area contributed by atoms with Crippen LogP contribution in [0.1, 0.15) is 133 Å². The Balaban J connectivity index is 1.19. The lowest BCUT2D eigenvalue weighted by Crippen LogP contribution is -2.54. The molecule has 6 atom stereocenters. The lowest BCUT2D eigenvalue weighted by atomic mass is 10.0. The Hall–Kier alpha value is -3.07. The number of anilines is 1. The van der Waals surface area contributed by atoms with Gasteiger partial charge in [-0.2, -0.15) is 10.4 Å². The molecular weight excluding hydrogens is 758 g/mol. The fourth-order valence-corrected chi connectivity index (χ4v) is 7.69. The number of nitriles is 1. The molecule has 4 rings (SSSR count). The van der Waals surface area contributed by atoms with Gasteiger partial charge in [-0.15, -0.1) is 0 Å². The number of benzene rings is 1. The van der Waals surface area contributed by atoms with Crippen LogP contribution in [0.25, 0.3) is 5.52 Å². The van der Waals surface area contributed by atoms with Crippen LogP contribution >= 0.6 is 7.82 Å². The lowest BCUT2D eigenvalue weighted by molar-refractivity contribution is -0.109. The van der Waals surface area contributed by atoms with Crippen LogP contribution < -0.4 is 11.5 Å². The predicted octanol–water partition coefficient (Wildman–Crippen LogP) is 6.77. The van der Waals surface area contributed by atoms with E-state index in [4.69, 9.17) is 34.7 Å². The van der Waals surface area contributed by atoms with Crippen molar-refractivity contribution in [2.45, 2.75) is 146 Å². The Bertz CT molecular complexity index is 1730. The van der Waals surface area contributed by atoms with Crippen LogP contribution in [-0.4, -0.2) is 80.2 Å². The number of unbranched alkanes of at least 4 members (excludes halogenated alkanes) is 15. The molecule has 0 bridgehead atoms. The number of phosphoric acid groups is 1. The first-order valence-electron chi connectivity index (χ1n) is 20.4. The third-order valence-corrected chi connectivity index (χ3v) is 11.1. The van der Waals surface area contributed by atoms with Crippen LogP contribution in [-0.2, 0) is 34.4 Å². The summed E-state index contributed by atoms with van der Waals surface area (Å²) in [6, 6.07) is 8.88. The molecule has 0 aliphatic carbocycles. The summed E-state index contributed by atoms with van der Waals surface area (Å²) in [5.74, 6) is -0.420. The number of hydrogen-bond acceptors (Lipinski definition) is 13. The van der Waals surface area contributed by atoms with Crippen molar-refractivity contribution >= 4 is 19.2 Å². The summed E-state index contributed by atoms with van der Waals surface area (Å²) >= 11 is 0. The predicted molar refractivity (Wildman–Crippen MR) is 212 cm³/mol. The highest BCUT2D eigenvalue weighted by molar-refractivity contribution is 7.47. The van der Waals surface area contributed by atoms with Crippen molar-refractivity contribution in [2.24, 2.45) is 5.73 Å². The second kappa shape index (κ2) is 24.1. The van der Waals surface area contributed by atoms with Crippen molar-refractivity contribution in [1.29, 1.82) is 5.26 Å². The molecule has 15 nitrogen and oxygen atoms in total. The van der Waals surface area contributed by atoms with E-state index in [1.165, 1.54) is 106 Å². The van der Waals surface area contributed by atoms with Gasteiger partial charge in [-0.1, -0.05) is 103 Å². The van der Waals surface area contributed by atoms with Crippen molar-refractivity contribution in [3.63, 3.8) is 0 Å². The van der Waals surface area contributed by atoms with Gasteiger partial charge in [0, 0.05) is 6.61 Å². The summed E-state index contributed by atoms with van der Waals surface area (Å²) in [5, 5.41) is 35.0. The average molecular weight is 821 g/mol. The van der Waals surface area contributed by atoms with Gasteiger partial charge in [0.2, 0.25) is 0 Å². The minimum Gasteiger partial charge on any atom is -0.387 e. The van der Waals surface area contributed by atoms with Crippen molar-refractivity contribution in [3.05, 3.63) is 59.3 Å². The first-order chi connectivity index (χ1) is 27.5. The van der Waals surface area contributed by atoms with E-state index in [9.17, 15) is 29.3 Å². The SMILES string of the molecule is CCCCCCCCCCCCCCCCCCOC[C@@H](COP(=O)(O)OC[C@@]1(N)O[C@@H](c2ccc3c(N)ncnn23)[C@H](O)[C@@H]1O)OCc1cc(F)cc(C#N)c1. The summed E-state index contributed by atoms with van der Waals surface area (Å²) < 4.78 is 56.3. The molecule has 1 fully saturated rings. The highest BCUT2D eigenvalue weighted by Crippen LogP contribution is 2.46. The topological polar surface area (TPSA) is 230 Å². The van der Waals surface area contributed by atoms with Gasteiger partial charge in [0.05, 0.1) is 37.1 Å².